The number of piperidine rings is 3. The van der Waals surface area contributed by atoms with Crippen molar-refractivity contribution < 1.29 is 0 Å². The molecule has 1 unspecified atom stereocenters. The van der Waals surface area contributed by atoms with Crippen LogP contribution in [-0.4, -0.2) is 29.5 Å². The van der Waals surface area contributed by atoms with Gasteiger partial charge in [0.2, 0.25) is 0 Å². The first kappa shape index (κ1) is 10.5. The molecule has 5 rings (SSSR count). The number of rotatable bonds is 1. The van der Waals surface area contributed by atoms with E-state index in [9.17, 15) is 0 Å². The van der Waals surface area contributed by atoms with Gasteiger partial charge in [-0.1, -0.05) is 0 Å². The Morgan fingerprint density at radius 2 is 2.12 bits per heavy atom. The summed E-state index contributed by atoms with van der Waals surface area (Å²) in [6.45, 7) is 3.52. The third-order valence-electron chi connectivity index (χ3n) is 4.80. The maximum absolute atomic E-state index is 6.73. The first-order chi connectivity index (χ1) is 8.25. The fourth-order valence-corrected chi connectivity index (χ4v) is 5.06. The van der Waals surface area contributed by atoms with E-state index in [2.05, 4.69) is 4.90 Å². The minimum absolute atomic E-state index is 0.133. The largest absolute Gasteiger partial charge is 0.318 e. The van der Waals surface area contributed by atoms with Gasteiger partial charge in [0.15, 0.2) is 0 Å². The molecule has 0 aromatic carbocycles. The lowest BCUT2D eigenvalue weighted by Crippen LogP contribution is -2.61. The van der Waals surface area contributed by atoms with E-state index in [1.54, 1.807) is 0 Å². The van der Waals surface area contributed by atoms with Gasteiger partial charge in [-0.2, -0.15) is 0 Å². The van der Waals surface area contributed by atoms with Crippen molar-refractivity contribution in [2.45, 2.75) is 37.6 Å². The summed E-state index contributed by atoms with van der Waals surface area (Å²) in [6.07, 6.45) is 6.23. The van der Waals surface area contributed by atoms with Gasteiger partial charge in [0.05, 0.1) is 11.2 Å². The SMILES string of the molecule is NC1(c2nc3c(s2)CCC3)CN2CCC1CC2. The molecule has 0 saturated carbocycles. The molecule has 1 atom stereocenters. The molecule has 4 aliphatic rings. The Bertz CT molecular complexity index is 426. The number of nitrogens with zero attached hydrogens (tertiary/aromatic N) is 2. The van der Waals surface area contributed by atoms with Crippen LogP contribution in [0.5, 0.6) is 0 Å². The van der Waals surface area contributed by atoms with Crippen molar-refractivity contribution in [3.05, 3.63) is 15.6 Å². The van der Waals surface area contributed by atoms with E-state index >= 15 is 0 Å². The van der Waals surface area contributed by atoms with Crippen LogP contribution in [0.15, 0.2) is 0 Å². The number of fused-ring (bicyclic) bond motifs is 4. The Balaban J connectivity index is 1.72. The average molecular weight is 249 g/mol. The first-order valence-corrected chi connectivity index (χ1v) is 7.58. The molecule has 2 N–H and O–H groups in total. The molecule has 0 amide bonds. The Morgan fingerprint density at radius 1 is 1.29 bits per heavy atom. The standard InChI is InChI=1S/C13H19N3S/c14-13(8-16-6-4-9(13)5-7-16)12-15-10-2-1-3-11(10)17-12/h9H,1-8,14H2. The number of aryl methyl sites for hydroxylation is 2. The predicted molar refractivity (Wildman–Crippen MR) is 69.2 cm³/mol. The lowest BCUT2D eigenvalue weighted by molar-refractivity contribution is 0.0265. The van der Waals surface area contributed by atoms with Crippen molar-refractivity contribution in [2.75, 3.05) is 19.6 Å². The van der Waals surface area contributed by atoms with Crippen LogP contribution in [0.4, 0.5) is 0 Å². The summed E-state index contributed by atoms with van der Waals surface area (Å²) in [4.78, 5) is 8.91. The van der Waals surface area contributed by atoms with E-state index in [-0.39, 0.29) is 5.54 Å². The molecule has 3 saturated heterocycles. The Kier molecular flexibility index (Phi) is 2.17. The molecular formula is C13H19N3S. The molecule has 0 radical (unpaired) electrons. The highest BCUT2D eigenvalue weighted by atomic mass is 32.1. The van der Waals surface area contributed by atoms with Crippen molar-refractivity contribution in [1.82, 2.24) is 9.88 Å². The molecule has 3 fully saturated rings. The highest BCUT2D eigenvalue weighted by Gasteiger charge is 2.47. The number of hydrogen-bond acceptors (Lipinski definition) is 4. The number of hydrogen-bond donors (Lipinski definition) is 1. The van der Waals surface area contributed by atoms with Crippen molar-refractivity contribution in [1.29, 1.82) is 0 Å². The van der Waals surface area contributed by atoms with Crippen LogP contribution in [-0.2, 0) is 18.4 Å². The molecule has 4 heteroatoms. The Labute approximate surface area is 106 Å². The Morgan fingerprint density at radius 3 is 2.76 bits per heavy atom. The third-order valence-corrected chi connectivity index (χ3v) is 6.15. The summed E-state index contributed by atoms with van der Waals surface area (Å²) in [5.74, 6) is 0.666. The van der Waals surface area contributed by atoms with Crippen LogP contribution in [0.3, 0.4) is 0 Å². The maximum Gasteiger partial charge on any atom is 0.115 e. The molecule has 2 bridgehead atoms. The topological polar surface area (TPSA) is 42.1 Å². The van der Waals surface area contributed by atoms with Gasteiger partial charge in [-0.25, -0.2) is 4.98 Å². The lowest BCUT2D eigenvalue weighted by Gasteiger charge is -2.50. The highest BCUT2D eigenvalue weighted by molar-refractivity contribution is 7.12. The van der Waals surface area contributed by atoms with E-state index < -0.39 is 0 Å². The molecule has 3 nitrogen and oxygen atoms in total. The van der Waals surface area contributed by atoms with E-state index in [0.717, 1.165) is 6.54 Å². The molecule has 17 heavy (non-hydrogen) atoms. The highest BCUT2D eigenvalue weighted by Crippen LogP contribution is 2.43. The van der Waals surface area contributed by atoms with Crippen molar-refractivity contribution in [2.24, 2.45) is 11.7 Å². The van der Waals surface area contributed by atoms with Crippen molar-refractivity contribution in [3.8, 4) is 0 Å². The van der Waals surface area contributed by atoms with Gasteiger partial charge in [0.25, 0.3) is 0 Å². The zero-order valence-corrected chi connectivity index (χ0v) is 10.9. The van der Waals surface area contributed by atoms with Crippen LogP contribution in [0.25, 0.3) is 0 Å². The molecule has 1 aromatic rings. The summed E-state index contributed by atoms with van der Waals surface area (Å²) in [5.41, 5.74) is 7.95. The fourth-order valence-electron chi connectivity index (χ4n) is 3.74. The smallest absolute Gasteiger partial charge is 0.115 e. The van der Waals surface area contributed by atoms with Crippen LogP contribution >= 0.6 is 11.3 Å². The van der Waals surface area contributed by atoms with Gasteiger partial charge < -0.3 is 10.6 Å². The zero-order chi connectivity index (χ0) is 11.5. The molecule has 0 spiro atoms. The minimum atomic E-state index is -0.133. The predicted octanol–water partition coefficient (Wildman–Crippen LogP) is 1.51. The minimum Gasteiger partial charge on any atom is -0.318 e. The molecule has 4 heterocycles. The average Bonchev–Trinajstić information content (AvgIpc) is 2.90. The second-order valence-corrected chi connectivity index (χ2v) is 6.92. The van der Waals surface area contributed by atoms with Gasteiger partial charge in [-0.3, -0.25) is 0 Å². The van der Waals surface area contributed by atoms with Crippen LogP contribution in [0.2, 0.25) is 0 Å². The van der Waals surface area contributed by atoms with E-state index in [1.807, 2.05) is 11.3 Å². The summed E-state index contributed by atoms with van der Waals surface area (Å²) in [6, 6.07) is 0. The van der Waals surface area contributed by atoms with Gasteiger partial charge >= 0.3 is 0 Å². The fraction of sp³-hybridized carbons (Fsp3) is 0.769. The van der Waals surface area contributed by atoms with Gasteiger partial charge in [0.1, 0.15) is 5.01 Å². The first-order valence-electron chi connectivity index (χ1n) is 6.76. The summed E-state index contributed by atoms with van der Waals surface area (Å²) in [5, 5.41) is 1.23. The molecule has 1 aliphatic carbocycles. The van der Waals surface area contributed by atoms with Crippen LogP contribution < -0.4 is 5.73 Å². The zero-order valence-electron chi connectivity index (χ0n) is 10.1. The van der Waals surface area contributed by atoms with Crippen molar-refractivity contribution in [3.63, 3.8) is 0 Å². The summed E-state index contributed by atoms with van der Waals surface area (Å²) >= 11 is 1.90. The molecular weight excluding hydrogens is 230 g/mol. The number of aromatic nitrogens is 1. The Hall–Kier alpha value is -0.450. The van der Waals surface area contributed by atoms with Crippen LogP contribution in [0, 0.1) is 5.92 Å². The summed E-state index contributed by atoms with van der Waals surface area (Å²) in [7, 11) is 0. The van der Waals surface area contributed by atoms with Crippen molar-refractivity contribution >= 4 is 11.3 Å². The maximum atomic E-state index is 6.73. The second kappa shape index (κ2) is 3.53. The molecule has 1 aromatic heterocycles. The van der Waals surface area contributed by atoms with Gasteiger partial charge in [-0.15, -0.1) is 11.3 Å². The van der Waals surface area contributed by atoms with E-state index in [4.69, 9.17) is 10.7 Å². The van der Waals surface area contributed by atoms with Gasteiger partial charge in [-0.05, 0) is 51.1 Å². The monoisotopic (exact) mass is 249 g/mol. The summed E-state index contributed by atoms with van der Waals surface area (Å²) < 4.78 is 0. The molecule has 3 aliphatic heterocycles. The van der Waals surface area contributed by atoms with E-state index in [1.165, 1.54) is 60.8 Å². The normalized spacial score (nSPS) is 39.6. The van der Waals surface area contributed by atoms with Gasteiger partial charge in [0, 0.05) is 11.4 Å². The third kappa shape index (κ3) is 1.44. The van der Waals surface area contributed by atoms with Crippen LogP contribution in [0.1, 0.15) is 34.8 Å². The number of thiazole rings is 1. The quantitative estimate of drug-likeness (QED) is 0.820. The lowest BCUT2D eigenvalue weighted by atomic mass is 9.74. The number of nitrogens with two attached hydrogens (primary N) is 1. The van der Waals surface area contributed by atoms with E-state index in [0.29, 0.717) is 5.92 Å². The molecule has 92 valence electrons. The second-order valence-electron chi connectivity index (χ2n) is 5.83.